The Morgan fingerprint density at radius 3 is 2.91 bits per heavy atom. The molecule has 2 fully saturated rings. The van der Waals surface area contributed by atoms with E-state index in [9.17, 15) is 4.79 Å². The lowest BCUT2D eigenvalue weighted by atomic mass is 10.1. The number of rotatable bonds is 3. The number of amides is 1. The van der Waals surface area contributed by atoms with Gasteiger partial charge in [-0.05, 0) is 41.5 Å². The number of thiophene rings is 1. The van der Waals surface area contributed by atoms with Crippen LogP contribution in [-0.2, 0) is 6.54 Å². The van der Waals surface area contributed by atoms with Crippen molar-refractivity contribution < 1.29 is 4.79 Å². The van der Waals surface area contributed by atoms with Gasteiger partial charge in [-0.2, -0.15) is 0 Å². The number of nitrogens with zero attached hydrogens (tertiary/aromatic N) is 3. The van der Waals surface area contributed by atoms with Crippen LogP contribution in [-0.4, -0.2) is 46.4 Å². The van der Waals surface area contributed by atoms with Crippen molar-refractivity contribution in [3.63, 3.8) is 0 Å². The third kappa shape index (κ3) is 2.55. The fourth-order valence-electron chi connectivity index (χ4n) is 3.72. The Kier molecular flexibility index (Phi) is 3.68. The first-order chi connectivity index (χ1) is 10.8. The lowest BCUT2D eigenvalue weighted by molar-refractivity contribution is 0.0731. The summed E-state index contributed by atoms with van der Waals surface area (Å²) in [6.07, 6.45) is 4.83. The predicted molar refractivity (Wildman–Crippen MR) is 86.8 cm³/mol. The van der Waals surface area contributed by atoms with E-state index in [1.54, 1.807) is 11.3 Å². The maximum absolute atomic E-state index is 12.6. The first-order valence-corrected chi connectivity index (χ1v) is 8.65. The minimum Gasteiger partial charge on any atom is -0.333 e. The molecule has 0 unspecified atom stereocenters. The van der Waals surface area contributed by atoms with Gasteiger partial charge in [0.2, 0.25) is 0 Å². The van der Waals surface area contributed by atoms with E-state index in [-0.39, 0.29) is 5.91 Å². The van der Waals surface area contributed by atoms with Gasteiger partial charge in [0.15, 0.2) is 0 Å². The van der Waals surface area contributed by atoms with Crippen molar-refractivity contribution in [2.45, 2.75) is 19.0 Å². The zero-order valence-corrected chi connectivity index (χ0v) is 13.2. The summed E-state index contributed by atoms with van der Waals surface area (Å²) in [5, 5.41) is 1.98. The van der Waals surface area contributed by atoms with E-state index < -0.39 is 0 Å². The van der Waals surface area contributed by atoms with Crippen molar-refractivity contribution in [2.24, 2.45) is 5.92 Å². The van der Waals surface area contributed by atoms with Crippen LogP contribution in [0.1, 0.15) is 21.7 Å². The van der Waals surface area contributed by atoms with Gasteiger partial charge in [0, 0.05) is 44.6 Å². The average molecular weight is 313 g/mol. The van der Waals surface area contributed by atoms with Gasteiger partial charge < -0.3 is 4.90 Å². The molecule has 0 aliphatic carbocycles. The number of carbonyl (C=O) groups is 1. The van der Waals surface area contributed by atoms with E-state index in [2.05, 4.69) is 26.9 Å². The molecule has 4 rings (SSSR count). The summed E-state index contributed by atoms with van der Waals surface area (Å²) >= 11 is 1.54. The molecule has 114 valence electrons. The molecule has 2 aliphatic rings. The summed E-state index contributed by atoms with van der Waals surface area (Å²) < 4.78 is 0. The SMILES string of the molecule is O=C(c1cccs1)N1CC[C@@H]2CN(Cc3ccncc3)C[C@@H]21. The molecule has 0 saturated carbocycles. The predicted octanol–water partition coefficient (Wildman–Crippen LogP) is 2.49. The van der Waals surface area contributed by atoms with Crippen LogP contribution < -0.4 is 0 Å². The molecule has 2 aliphatic heterocycles. The van der Waals surface area contributed by atoms with Gasteiger partial charge in [-0.25, -0.2) is 0 Å². The maximum Gasteiger partial charge on any atom is 0.264 e. The summed E-state index contributed by atoms with van der Waals surface area (Å²) in [6, 6.07) is 8.42. The summed E-state index contributed by atoms with van der Waals surface area (Å²) in [6.45, 7) is 3.96. The van der Waals surface area contributed by atoms with Crippen LogP contribution in [0.15, 0.2) is 42.0 Å². The van der Waals surface area contributed by atoms with E-state index in [1.165, 1.54) is 5.56 Å². The number of hydrogen-bond acceptors (Lipinski definition) is 4. The maximum atomic E-state index is 12.6. The molecule has 0 spiro atoms. The molecule has 22 heavy (non-hydrogen) atoms. The monoisotopic (exact) mass is 313 g/mol. The van der Waals surface area contributed by atoms with Crippen molar-refractivity contribution in [1.82, 2.24) is 14.8 Å². The second-order valence-electron chi connectivity index (χ2n) is 6.14. The van der Waals surface area contributed by atoms with Gasteiger partial charge in [-0.3, -0.25) is 14.7 Å². The highest BCUT2D eigenvalue weighted by molar-refractivity contribution is 7.12. The molecule has 0 aromatic carbocycles. The molecule has 2 aromatic heterocycles. The Morgan fingerprint density at radius 1 is 1.27 bits per heavy atom. The minimum atomic E-state index is 0.216. The topological polar surface area (TPSA) is 36.4 Å². The van der Waals surface area contributed by atoms with Crippen LogP contribution in [0.3, 0.4) is 0 Å². The fraction of sp³-hybridized carbons (Fsp3) is 0.412. The number of carbonyl (C=O) groups excluding carboxylic acids is 1. The smallest absolute Gasteiger partial charge is 0.264 e. The molecule has 4 nitrogen and oxygen atoms in total. The van der Waals surface area contributed by atoms with E-state index in [0.717, 1.165) is 37.5 Å². The van der Waals surface area contributed by atoms with Crippen molar-refractivity contribution in [2.75, 3.05) is 19.6 Å². The van der Waals surface area contributed by atoms with Crippen molar-refractivity contribution in [1.29, 1.82) is 0 Å². The Labute approximate surface area is 134 Å². The van der Waals surface area contributed by atoms with Gasteiger partial charge in [0.25, 0.3) is 5.91 Å². The van der Waals surface area contributed by atoms with E-state index >= 15 is 0 Å². The summed E-state index contributed by atoms with van der Waals surface area (Å²) in [4.78, 5) is 22.1. The standard InChI is InChI=1S/C17H19N3OS/c21-17(16-2-1-9-22-16)20-8-5-14-11-19(12-15(14)20)10-13-3-6-18-7-4-13/h1-4,6-7,9,14-15H,5,8,10-12H2/t14-,15+/m1/s1. The van der Waals surface area contributed by atoms with Crippen molar-refractivity contribution >= 4 is 17.2 Å². The normalized spacial score (nSPS) is 24.6. The number of hydrogen-bond donors (Lipinski definition) is 0. The van der Waals surface area contributed by atoms with Crippen LogP contribution >= 0.6 is 11.3 Å². The molecule has 2 saturated heterocycles. The van der Waals surface area contributed by atoms with Crippen molar-refractivity contribution in [3.8, 4) is 0 Å². The largest absolute Gasteiger partial charge is 0.333 e. The van der Waals surface area contributed by atoms with Crippen molar-refractivity contribution in [3.05, 3.63) is 52.5 Å². The van der Waals surface area contributed by atoms with Crippen LogP contribution in [0.25, 0.3) is 0 Å². The second kappa shape index (κ2) is 5.82. The third-order valence-electron chi connectivity index (χ3n) is 4.77. The summed E-state index contributed by atoms with van der Waals surface area (Å²) in [5.74, 6) is 0.846. The van der Waals surface area contributed by atoms with E-state index in [1.807, 2.05) is 29.9 Å². The Balaban J connectivity index is 1.44. The lowest BCUT2D eigenvalue weighted by Gasteiger charge is -2.24. The number of fused-ring (bicyclic) bond motifs is 1. The molecule has 5 heteroatoms. The quantitative estimate of drug-likeness (QED) is 0.873. The summed E-state index contributed by atoms with van der Waals surface area (Å²) in [5.41, 5.74) is 1.30. The van der Waals surface area contributed by atoms with Gasteiger partial charge in [0.05, 0.1) is 4.88 Å². The van der Waals surface area contributed by atoms with E-state index in [0.29, 0.717) is 12.0 Å². The molecule has 0 N–H and O–H groups in total. The fourth-order valence-corrected chi connectivity index (χ4v) is 4.40. The molecule has 4 heterocycles. The highest BCUT2D eigenvalue weighted by atomic mass is 32.1. The first-order valence-electron chi connectivity index (χ1n) is 7.77. The Bertz CT molecular complexity index is 643. The van der Waals surface area contributed by atoms with Gasteiger partial charge in [-0.1, -0.05) is 6.07 Å². The zero-order chi connectivity index (χ0) is 14.9. The lowest BCUT2D eigenvalue weighted by Crippen LogP contribution is -2.39. The highest BCUT2D eigenvalue weighted by Crippen LogP contribution is 2.33. The van der Waals surface area contributed by atoms with Crippen LogP contribution in [0.2, 0.25) is 0 Å². The molecule has 0 bridgehead atoms. The summed E-state index contributed by atoms with van der Waals surface area (Å²) in [7, 11) is 0. The molecular weight excluding hydrogens is 294 g/mol. The first kappa shape index (κ1) is 13.9. The van der Waals surface area contributed by atoms with Gasteiger partial charge >= 0.3 is 0 Å². The molecule has 0 radical (unpaired) electrons. The van der Waals surface area contributed by atoms with Gasteiger partial charge in [-0.15, -0.1) is 11.3 Å². The third-order valence-corrected chi connectivity index (χ3v) is 5.63. The Morgan fingerprint density at radius 2 is 2.14 bits per heavy atom. The van der Waals surface area contributed by atoms with Gasteiger partial charge in [0.1, 0.15) is 0 Å². The number of likely N-dealkylation sites (tertiary alicyclic amines) is 2. The number of aromatic nitrogens is 1. The average Bonchev–Trinajstić information content (AvgIpc) is 3.24. The zero-order valence-electron chi connectivity index (χ0n) is 12.4. The second-order valence-corrected chi connectivity index (χ2v) is 7.09. The Hall–Kier alpha value is -1.72. The number of pyridine rings is 1. The van der Waals surface area contributed by atoms with Crippen LogP contribution in [0, 0.1) is 5.92 Å². The molecule has 2 aromatic rings. The van der Waals surface area contributed by atoms with E-state index in [4.69, 9.17) is 0 Å². The minimum absolute atomic E-state index is 0.216. The molecular formula is C17H19N3OS. The van der Waals surface area contributed by atoms with Crippen LogP contribution in [0.5, 0.6) is 0 Å². The molecule has 1 amide bonds. The molecule has 2 atom stereocenters. The highest BCUT2D eigenvalue weighted by Gasteiger charge is 2.43. The van der Waals surface area contributed by atoms with Crippen LogP contribution in [0.4, 0.5) is 0 Å².